The van der Waals surface area contributed by atoms with Crippen molar-refractivity contribution in [1.29, 1.82) is 0 Å². The number of nitrogens with zero attached hydrogens (tertiary/aromatic N) is 4. The molecule has 0 aliphatic heterocycles. The van der Waals surface area contributed by atoms with Crippen LogP contribution < -0.4 is 10.5 Å². The van der Waals surface area contributed by atoms with Gasteiger partial charge in [0.2, 0.25) is 0 Å². The number of pyridine rings is 1. The van der Waals surface area contributed by atoms with Gasteiger partial charge in [0.05, 0.1) is 18.0 Å². The largest absolute Gasteiger partial charge is 0.489 e. The second kappa shape index (κ2) is 6.56. The van der Waals surface area contributed by atoms with Crippen molar-refractivity contribution in [3.05, 3.63) is 42.4 Å². The van der Waals surface area contributed by atoms with Crippen LogP contribution in [0.1, 0.15) is 43.8 Å². The number of hydrogen-bond acceptors (Lipinski definition) is 5. The van der Waals surface area contributed by atoms with Gasteiger partial charge in [0.1, 0.15) is 23.4 Å². The first-order chi connectivity index (χ1) is 13.2. The van der Waals surface area contributed by atoms with Crippen molar-refractivity contribution in [3.8, 4) is 17.3 Å². The highest BCUT2D eigenvalue weighted by Crippen LogP contribution is 2.39. The highest BCUT2D eigenvalue weighted by atomic mass is 19.1. The Morgan fingerprint density at radius 2 is 2.04 bits per heavy atom. The molecule has 2 aromatic rings. The smallest absolute Gasteiger partial charge is 0.187 e. The van der Waals surface area contributed by atoms with Gasteiger partial charge < -0.3 is 10.5 Å². The van der Waals surface area contributed by atoms with Crippen LogP contribution >= 0.6 is 0 Å². The third-order valence-corrected chi connectivity index (χ3v) is 5.35. The number of aromatic nitrogens is 4. The van der Waals surface area contributed by atoms with Crippen LogP contribution in [0.2, 0.25) is 0 Å². The minimum atomic E-state index is -1.09. The molecule has 27 heavy (non-hydrogen) atoms. The standard InChI is InChI=1S/C20H22FN5O/c21-16-3-1-2-4-18(16)26-19(12-9-13(22)10-12)24-25-20(26)17-8-7-15(11-23-17)27-14-5-6-14/h1-2,4,7-8,11-14,16H,3,5-6,9-10,22H2. The fourth-order valence-corrected chi connectivity index (χ4v) is 3.62. The summed E-state index contributed by atoms with van der Waals surface area (Å²) in [7, 11) is 0. The first-order valence-electron chi connectivity index (χ1n) is 9.54. The Morgan fingerprint density at radius 1 is 1.19 bits per heavy atom. The normalized spacial score (nSPS) is 27.2. The van der Waals surface area contributed by atoms with Gasteiger partial charge in [-0.2, -0.15) is 0 Å². The number of hydrogen-bond donors (Lipinski definition) is 1. The van der Waals surface area contributed by atoms with Crippen LogP contribution in [0.4, 0.5) is 4.39 Å². The Kier molecular flexibility index (Phi) is 4.04. The summed E-state index contributed by atoms with van der Waals surface area (Å²) < 4.78 is 22.3. The van der Waals surface area contributed by atoms with Crippen LogP contribution in [0.25, 0.3) is 17.2 Å². The van der Waals surface area contributed by atoms with E-state index in [9.17, 15) is 4.39 Å². The van der Waals surface area contributed by atoms with Crippen molar-refractivity contribution in [1.82, 2.24) is 19.7 Å². The van der Waals surface area contributed by atoms with Gasteiger partial charge in [-0.1, -0.05) is 12.2 Å². The Morgan fingerprint density at radius 3 is 2.70 bits per heavy atom. The number of ether oxygens (including phenoxy) is 1. The van der Waals surface area contributed by atoms with E-state index >= 15 is 0 Å². The SMILES string of the molecule is NC1CC(c2nnc(-c3ccc(OC4CC4)cn3)n2C2=CC=CCC2F)C1. The predicted octanol–water partition coefficient (Wildman–Crippen LogP) is 3.22. The van der Waals surface area contributed by atoms with Gasteiger partial charge in [-0.05, 0) is 43.9 Å². The van der Waals surface area contributed by atoms with Crippen LogP contribution in [-0.4, -0.2) is 38.1 Å². The van der Waals surface area contributed by atoms with E-state index < -0.39 is 6.17 Å². The van der Waals surface area contributed by atoms with Crippen molar-refractivity contribution >= 4 is 5.70 Å². The minimum Gasteiger partial charge on any atom is -0.489 e. The third kappa shape index (κ3) is 3.16. The summed E-state index contributed by atoms with van der Waals surface area (Å²) in [6.45, 7) is 0. The van der Waals surface area contributed by atoms with Gasteiger partial charge in [-0.3, -0.25) is 4.57 Å². The Labute approximate surface area is 157 Å². The number of allylic oxidation sites excluding steroid dienone is 4. The summed E-state index contributed by atoms with van der Waals surface area (Å²) in [5.74, 6) is 2.29. The van der Waals surface area contributed by atoms with E-state index in [2.05, 4.69) is 15.2 Å². The molecule has 5 rings (SSSR count). The Balaban J connectivity index is 1.53. The zero-order valence-corrected chi connectivity index (χ0v) is 15.0. The van der Waals surface area contributed by atoms with Crippen molar-refractivity contribution in [2.75, 3.05) is 0 Å². The first kappa shape index (κ1) is 16.6. The molecule has 3 aliphatic carbocycles. The number of alkyl halides is 1. The molecule has 3 aliphatic rings. The Hall–Kier alpha value is -2.54. The van der Waals surface area contributed by atoms with Gasteiger partial charge in [0, 0.05) is 18.4 Å². The quantitative estimate of drug-likeness (QED) is 0.878. The molecule has 0 radical (unpaired) electrons. The van der Waals surface area contributed by atoms with Crippen LogP contribution in [0.3, 0.4) is 0 Å². The molecule has 1 atom stereocenters. The molecule has 2 aromatic heterocycles. The molecule has 0 saturated heterocycles. The van der Waals surface area contributed by atoms with Crippen molar-refractivity contribution in [2.24, 2.45) is 5.73 Å². The van der Waals surface area contributed by atoms with Crippen molar-refractivity contribution in [2.45, 2.75) is 56.3 Å². The number of rotatable bonds is 5. The lowest BCUT2D eigenvalue weighted by molar-refractivity contribution is 0.302. The molecular formula is C20H22FN5O. The van der Waals surface area contributed by atoms with Gasteiger partial charge >= 0.3 is 0 Å². The van der Waals surface area contributed by atoms with E-state index in [4.69, 9.17) is 10.5 Å². The lowest BCUT2D eigenvalue weighted by atomic mass is 9.80. The fraction of sp³-hybridized carbons (Fsp3) is 0.450. The molecule has 2 N–H and O–H groups in total. The van der Waals surface area contributed by atoms with E-state index in [-0.39, 0.29) is 12.0 Å². The molecule has 1 unspecified atom stereocenters. The molecular weight excluding hydrogens is 345 g/mol. The molecule has 6 nitrogen and oxygen atoms in total. The molecule has 2 saturated carbocycles. The molecule has 0 bridgehead atoms. The molecule has 0 spiro atoms. The highest BCUT2D eigenvalue weighted by Gasteiger charge is 2.35. The van der Waals surface area contributed by atoms with E-state index in [1.54, 1.807) is 12.3 Å². The van der Waals surface area contributed by atoms with Gasteiger partial charge in [0.15, 0.2) is 5.82 Å². The van der Waals surface area contributed by atoms with Crippen LogP contribution in [-0.2, 0) is 0 Å². The van der Waals surface area contributed by atoms with Crippen LogP contribution in [0, 0.1) is 0 Å². The Bertz CT molecular complexity index is 894. The highest BCUT2D eigenvalue weighted by molar-refractivity contribution is 5.64. The van der Waals surface area contributed by atoms with Gasteiger partial charge in [-0.15, -0.1) is 10.2 Å². The second-order valence-electron chi connectivity index (χ2n) is 7.56. The molecule has 140 valence electrons. The zero-order valence-electron chi connectivity index (χ0n) is 15.0. The summed E-state index contributed by atoms with van der Waals surface area (Å²) in [4.78, 5) is 4.50. The monoisotopic (exact) mass is 367 g/mol. The molecule has 0 amide bonds. The maximum absolute atomic E-state index is 14.7. The lowest BCUT2D eigenvalue weighted by Crippen LogP contribution is -2.36. The minimum absolute atomic E-state index is 0.182. The third-order valence-electron chi connectivity index (χ3n) is 5.35. The molecule has 2 fully saturated rings. The summed E-state index contributed by atoms with van der Waals surface area (Å²) in [6.07, 6.45) is 10.7. The molecule has 0 aromatic carbocycles. The second-order valence-corrected chi connectivity index (χ2v) is 7.56. The molecule has 7 heteroatoms. The van der Waals surface area contributed by atoms with Gasteiger partial charge in [-0.25, -0.2) is 9.37 Å². The maximum Gasteiger partial charge on any atom is 0.187 e. The zero-order chi connectivity index (χ0) is 18.4. The van der Waals surface area contributed by atoms with E-state index in [0.29, 0.717) is 29.7 Å². The topological polar surface area (TPSA) is 78.8 Å². The number of nitrogens with two attached hydrogens (primary N) is 1. The van der Waals surface area contributed by atoms with Crippen LogP contribution in [0.15, 0.2) is 36.6 Å². The summed E-state index contributed by atoms with van der Waals surface area (Å²) in [5, 5.41) is 8.76. The first-order valence-corrected chi connectivity index (χ1v) is 9.54. The van der Waals surface area contributed by atoms with Gasteiger partial charge in [0.25, 0.3) is 0 Å². The average Bonchev–Trinajstić information content (AvgIpc) is 3.36. The maximum atomic E-state index is 14.7. The van der Waals surface area contributed by atoms with E-state index in [1.165, 1.54) is 0 Å². The lowest BCUT2D eigenvalue weighted by Gasteiger charge is -2.32. The summed E-state index contributed by atoms with van der Waals surface area (Å²) in [6, 6.07) is 3.93. The van der Waals surface area contributed by atoms with Crippen molar-refractivity contribution in [3.63, 3.8) is 0 Å². The summed E-state index contributed by atoms with van der Waals surface area (Å²) in [5.41, 5.74) is 7.18. The predicted molar refractivity (Wildman–Crippen MR) is 99.8 cm³/mol. The molecule has 2 heterocycles. The summed E-state index contributed by atoms with van der Waals surface area (Å²) >= 11 is 0. The van der Waals surface area contributed by atoms with Crippen molar-refractivity contribution < 1.29 is 9.13 Å². The van der Waals surface area contributed by atoms with E-state index in [0.717, 1.165) is 37.3 Å². The van der Waals surface area contributed by atoms with Crippen LogP contribution in [0.5, 0.6) is 5.75 Å². The average molecular weight is 367 g/mol. The van der Waals surface area contributed by atoms with E-state index in [1.807, 2.05) is 28.9 Å². The number of halogens is 1. The fourth-order valence-electron chi connectivity index (χ4n) is 3.62.